The number of nitrogens with one attached hydrogen (secondary N) is 1. The maximum atomic E-state index is 15.8. The molecule has 10 heteroatoms. The predicted molar refractivity (Wildman–Crippen MR) is 116 cm³/mol. The number of hydrogen-bond donors (Lipinski definition) is 2. The number of halogens is 4. The number of hydrogen-bond acceptors (Lipinski definition) is 5. The second-order valence-corrected chi connectivity index (χ2v) is 8.20. The van der Waals surface area contributed by atoms with Gasteiger partial charge in [-0.2, -0.15) is 0 Å². The molecule has 2 aliphatic heterocycles. The predicted octanol–water partition coefficient (Wildman–Crippen LogP) is 4.09. The zero-order valence-corrected chi connectivity index (χ0v) is 17.6. The van der Waals surface area contributed by atoms with Crippen LogP contribution in [0.3, 0.4) is 0 Å². The number of pyridine rings is 1. The van der Waals surface area contributed by atoms with E-state index in [9.17, 15) is 18.7 Å². The number of nitrogens with zero attached hydrogens (tertiary/aromatic N) is 3. The number of aromatic nitrogens is 1. The van der Waals surface area contributed by atoms with E-state index in [1.54, 1.807) is 7.05 Å². The van der Waals surface area contributed by atoms with Gasteiger partial charge in [0, 0.05) is 48.8 Å². The molecule has 2 aromatic carbocycles. The van der Waals surface area contributed by atoms with Crippen molar-refractivity contribution in [1.29, 1.82) is 0 Å². The molecule has 3 heterocycles. The standard InChI is InChI=1S/C22H18ClF3N4O2/c1-29-13-9-28-19-11(20(13)30-6-5-27-8-14(30)22(29)32)7-12(23)17(18(19)24)16-10(21(25)26)3-2-4-15(16)31/h2-4,7,9,14,21,27,31H,5-6,8H2,1H3/t14-/m1/s1. The second kappa shape index (κ2) is 7.53. The van der Waals surface area contributed by atoms with Crippen molar-refractivity contribution < 1.29 is 23.1 Å². The Morgan fingerprint density at radius 3 is 2.84 bits per heavy atom. The van der Waals surface area contributed by atoms with Crippen molar-refractivity contribution in [1.82, 2.24) is 10.3 Å². The van der Waals surface area contributed by atoms with Crippen LogP contribution < -0.4 is 15.1 Å². The van der Waals surface area contributed by atoms with Crippen LogP contribution in [0, 0.1) is 5.82 Å². The summed E-state index contributed by atoms with van der Waals surface area (Å²) in [5, 5.41) is 13.7. The number of amides is 1. The molecule has 5 rings (SSSR count). The third kappa shape index (κ3) is 2.91. The van der Waals surface area contributed by atoms with Crippen LogP contribution in [0.15, 0.2) is 30.5 Å². The first-order chi connectivity index (χ1) is 15.3. The Hall–Kier alpha value is -3.04. The van der Waals surface area contributed by atoms with Crippen LogP contribution in [0.1, 0.15) is 12.0 Å². The number of phenolic OH excluding ortho intramolecular Hbond substituents is 1. The smallest absolute Gasteiger partial charge is 0.264 e. The van der Waals surface area contributed by atoms with Crippen LogP contribution in [0.2, 0.25) is 5.02 Å². The number of anilines is 2. The van der Waals surface area contributed by atoms with Gasteiger partial charge in [-0.3, -0.25) is 9.78 Å². The lowest BCUT2D eigenvalue weighted by Gasteiger charge is -2.44. The third-order valence-corrected chi connectivity index (χ3v) is 6.37. The molecule has 0 aliphatic carbocycles. The Balaban J connectivity index is 1.81. The molecule has 1 fully saturated rings. The van der Waals surface area contributed by atoms with E-state index in [0.29, 0.717) is 36.4 Å². The first-order valence-corrected chi connectivity index (χ1v) is 10.3. The third-order valence-electron chi connectivity index (χ3n) is 6.07. The molecular formula is C22H18ClF3N4O2. The van der Waals surface area contributed by atoms with E-state index in [1.807, 2.05) is 4.90 Å². The number of aromatic hydroxyl groups is 1. The molecule has 1 aromatic heterocycles. The van der Waals surface area contributed by atoms with Gasteiger partial charge in [0.05, 0.1) is 22.6 Å². The Bertz CT molecular complexity index is 1270. The Labute approximate surface area is 186 Å². The first kappa shape index (κ1) is 20.8. The van der Waals surface area contributed by atoms with Crippen molar-refractivity contribution in [3.63, 3.8) is 0 Å². The molecule has 2 N–H and O–H groups in total. The second-order valence-electron chi connectivity index (χ2n) is 7.79. The Morgan fingerprint density at radius 2 is 2.09 bits per heavy atom. The van der Waals surface area contributed by atoms with Gasteiger partial charge in [-0.05, 0) is 12.1 Å². The van der Waals surface area contributed by atoms with Crippen molar-refractivity contribution >= 4 is 39.8 Å². The number of piperazine rings is 1. The molecule has 1 atom stereocenters. The first-order valence-electron chi connectivity index (χ1n) is 9.97. The molecule has 32 heavy (non-hydrogen) atoms. The average molecular weight is 463 g/mol. The molecule has 2 aliphatic rings. The summed E-state index contributed by atoms with van der Waals surface area (Å²) < 4.78 is 43.0. The number of rotatable bonds is 2. The van der Waals surface area contributed by atoms with E-state index in [2.05, 4.69) is 10.3 Å². The summed E-state index contributed by atoms with van der Waals surface area (Å²) in [6.07, 6.45) is -1.55. The number of fused-ring (bicyclic) bond motifs is 5. The summed E-state index contributed by atoms with van der Waals surface area (Å²) in [4.78, 5) is 20.4. The van der Waals surface area contributed by atoms with Crippen LogP contribution >= 0.6 is 11.6 Å². The van der Waals surface area contributed by atoms with Gasteiger partial charge in [-0.1, -0.05) is 23.7 Å². The van der Waals surface area contributed by atoms with E-state index >= 15 is 4.39 Å². The van der Waals surface area contributed by atoms with E-state index in [4.69, 9.17) is 11.6 Å². The fourth-order valence-electron chi connectivity index (χ4n) is 4.56. The zero-order chi connectivity index (χ0) is 22.7. The molecule has 0 radical (unpaired) electrons. The maximum absolute atomic E-state index is 15.8. The van der Waals surface area contributed by atoms with Gasteiger partial charge in [-0.25, -0.2) is 13.2 Å². The van der Waals surface area contributed by atoms with Crippen LogP contribution in [-0.4, -0.2) is 48.7 Å². The molecule has 6 nitrogen and oxygen atoms in total. The SMILES string of the molecule is CN1C(=O)[C@H]2CNCCN2c2c1cnc1c(F)c(-c3c(O)cccc3C(F)F)c(Cl)cc21. The summed E-state index contributed by atoms with van der Waals surface area (Å²) >= 11 is 6.44. The molecule has 1 amide bonds. The van der Waals surface area contributed by atoms with Crippen molar-refractivity contribution in [3.05, 3.63) is 46.9 Å². The summed E-state index contributed by atoms with van der Waals surface area (Å²) in [6, 6.07) is 4.58. The summed E-state index contributed by atoms with van der Waals surface area (Å²) in [5.74, 6) is -1.52. The number of phenols is 1. The largest absolute Gasteiger partial charge is 0.507 e. The minimum absolute atomic E-state index is 0.0772. The van der Waals surface area contributed by atoms with Gasteiger partial charge in [0.15, 0.2) is 5.82 Å². The van der Waals surface area contributed by atoms with Gasteiger partial charge >= 0.3 is 0 Å². The van der Waals surface area contributed by atoms with Crippen LogP contribution in [-0.2, 0) is 4.79 Å². The van der Waals surface area contributed by atoms with Crippen molar-refractivity contribution in [2.75, 3.05) is 36.5 Å². The molecule has 1 saturated heterocycles. The fourth-order valence-corrected chi connectivity index (χ4v) is 4.85. The molecule has 0 unspecified atom stereocenters. The highest BCUT2D eigenvalue weighted by atomic mass is 35.5. The molecule has 0 saturated carbocycles. The minimum Gasteiger partial charge on any atom is -0.507 e. The topological polar surface area (TPSA) is 68.7 Å². The molecule has 3 aromatic rings. The molecule has 0 spiro atoms. The lowest BCUT2D eigenvalue weighted by atomic mass is 9.95. The number of benzene rings is 2. The minimum atomic E-state index is -2.94. The Morgan fingerprint density at radius 1 is 1.31 bits per heavy atom. The molecular weight excluding hydrogens is 445 g/mol. The van der Waals surface area contributed by atoms with Gasteiger partial charge in [0.1, 0.15) is 17.3 Å². The molecule has 0 bridgehead atoms. The quantitative estimate of drug-likeness (QED) is 0.600. The highest BCUT2D eigenvalue weighted by Crippen LogP contribution is 2.47. The number of likely N-dealkylation sites (N-methyl/N-ethyl adjacent to an activating group) is 1. The summed E-state index contributed by atoms with van der Waals surface area (Å²) in [7, 11) is 1.63. The number of carbonyl (C=O) groups is 1. The van der Waals surface area contributed by atoms with E-state index < -0.39 is 29.6 Å². The van der Waals surface area contributed by atoms with E-state index in [-0.39, 0.29) is 27.6 Å². The summed E-state index contributed by atoms with van der Waals surface area (Å²) in [6.45, 7) is 1.60. The monoisotopic (exact) mass is 462 g/mol. The normalized spacial score (nSPS) is 18.3. The highest BCUT2D eigenvalue weighted by Gasteiger charge is 2.39. The van der Waals surface area contributed by atoms with Gasteiger partial charge < -0.3 is 20.2 Å². The average Bonchev–Trinajstić information content (AvgIpc) is 2.77. The Kier molecular flexibility index (Phi) is 4.90. The van der Waals surface area contributed by atoms with Gasteiger partial charge in [0.2, 0.25) is 0 Å². The van der Waals surface area contributed by atoms with Crippen molar-refractivity contribution in [2.24, 2.45) is 0 Å². The van der Waals surface area contributed by atoms with Crippen LogP contribution in [0.4, 0.5) is 24.5 Å². The fraction of sp³-hybridized carbons (Fsp3) is 0.273. The number of alkyl halides is 2. The lowest BCUT2D eigenvalue weighted by Crippen LogP contribution is -2.61. The summed E-state index contributed by atoms with van der Waals surface area (Å²) in [5.41, 5.74) is -0.180. The van der Waals surface area contributed by atoms with Crippen molar-refractivity contribution in [3.8, 4) is 16.9 Å². The van der Waals surface area contributed by atoms with E-state index in [0.717, 1.165) is 6.07 Å². The lowest BCUT2D eigenvalue weighted by molar-refractivity contribution is -0.120. The zero-order valence-electron chi connectivity index (χ0n) is 16.9. The van der Waals surface area contributed by atoms with Gasteiger partial charge in [-0.15, -0.1) is 0 Å². The maximum Gasteiger partial charge on any atom is 0.264 e. The number of carbonyl (C=O) groups excluding carboxylic acids is 1. The molecule has 166 valence electrons. The van der Waals surface area contributed by atoms with E-state index in [1.165, 1.54) is 29.3 Å². The van der Waals surface area contributed by atoms with Gasteiger partial charge in [0.25, 0.3) is 12.3 Å². The highest BCUT2D eigenvalue weighted by molar-refractivity contribution is 6.35. The van der Waals surface area contributed by atoms with Crippen LogP contribution in [0.5, 0.6) is 5.75 Å². The van der Waals surface area contributed by atoms with Crippen LogP contribution in [0.25, 0.3) is 22.0 Å². The van der Waals surface area contributed by atoms with Crippen molar-refractivity contribution in [2.45, 2.75) is 12.5 Å².